The summed E-state index contributed by atoms with van der Waals surface area (Å²) in [5, 5.41) is 24.0. The van der Waals surface area contributed by atoms with E-state index in [0.717, 1.165) is 0 Å². The summed E-state index contributed by atoms with van der Waals surface area (Å²) in [4.78, 5) is 0. The molecule has 70 valence electrons. The van der Waals surface area contributed by atoms with Gasteiger partial charge in [-0.15, -0.1) is 13.2 Å². The zero-order valence-electron chi connectivity index (χ0n) is 7.16. The summed E-state index contributed by atoms with van der Waals surface area (Å²) in [7, 11) is 3.25. The van der Waals surface area contributed by atoms with Gasteiger partial charge in [-0.3, -0.25) is 0 Å². The van der Waals surface area contributed by atoms with Crippen molar-refractivity contribution in [3.05, 3.63) is 13.2 Å². The minimum atomic E-state index is -0.954. The first kappa shape index (κ1) is 16.9. The lowest BCUT2D eigenvalue weighted by atomic mass is 10.4. The minimum Gasteiger partial charge on any atom is -0.394 e. The Morgan fingerprint density at radius 3 is 1.36 bits per heavy atom. The summed E-state index contributed by atoms with van der Waals surface area (Å²) in [5.74, 6) is 0. The van der Waals surface area contributed by atoms with Gasteiger partial charge in [-0.25, -0.2) is 0 Å². The Morgan fingerprint density at radius 1 is 1.18 bits per heavy atom. The fourth-order valence-electron chi connectivity index (χ4n) is 0.0577. The van der Waals surface area contributed by atoms with Gasteiger partial charge >= 0.3 is 0 Å². The van der Waals surface area contributed by atoms with Gasteiger partial charge in [0.2, 0.25) is 0 Å². The summed E-state index contributed by atoms with van der Waals surface area (Å²) in [6.45, 7) is 5.27. The van der Waals surface area contributed by atoms with Crippen molar-refractivity contribution in [2.24, 2.45) is 0 Å². The second-order valence-electron chi connectivity index (χ2n) is 1.43. The molecule has 0 heterocycles. The molecule has 0 unspecified atom stereocenters. The van der Waals surface area contributed by atoms with Gasteiger partial charge in [0.25, 0.3) is 0 Å². The van der Waals surface area contributed by atoms with Crippen molar-refractivity contribution in [1.82, 2.24) is 0 Å². The van der Waals surface area contributed by atoms with Crippen LogP contribution in [0.2, 0.25) is 0 Å². The molecule has 0 saturated carbocycles. The molecule has 0 fully saturated rings. The largest absolute Gasteiger partial charge is 0.394 e. The fraction of sp³-hybridized carbons (Fsp3) is 0.714. The van der Waals surface area contributed by atoms with Crippen molar-refractivity contribution in [1.29, 1.82) is 0 Å². The van der Waals surface area contributed by atoms with Gasteiger partial charge in [0.1, 0.15) is 6.10 Å². The Morgan fingerprint density at radius 2 is 1.36 bits per heavy atom. The molecule has 4 heteroatoms. The number of methoxy groups -OCH3 is 1. The van der Waals surface area contributed by atoms with Gasteiger partial charge in [-0.2, -0.15) is 0 Å². The molecule has 0 amide bonds. The van der Waals surface area contributed by atoms with Gasteiger partial charge in [-0.1, -0.05) is 0 Å². The number of ether oxygens (including phenoxy) is 1. The molecule has 0 bridgehead atoms. The summed E-state index contributed by atoms with van der Waals surface area (Å²) in [6, 6.07) is 0. The topological polar surface area (TPSA) is 69.9 Å². The van der Waals surface area contributed by atoms with E-state index in [2.05, 4.69) is 17.9 Å². The highest BCUT2D eigenvalue weighted by Gasteiger charge is 1.93. The van der Waals surface area contributed by atoms with Crippen LogP contribution in [0.5, 0.6) is 0 Å². The van der Waals surface area contributed by atoms with Gasteiger partial charge in [0, 0.05) is 14.2 Å². The van der Waals surface area contributed by atoms with Crippen LogP contribution in [0.4, 0.5) is 0 Å². The standard InChI is InChI=1S/C3H8O3.C2H6O.C2H4/c4-1-3(6)2-5;1-3-2;1-2/h3-6H,1-2H2;1-2H3;1-2H2. The molecule has 4 nitrogen and oxygen atoms in total. The van der Waals surface area contributed by atoms with Gasteiger partial charge in [0.15, 0.2) is 0 Å². The molecule has 0 aromatic heterocycles. The van der Waals surface area contributed by atoms with Crippen LogP contribution in [0.3, 0.4) is 0 Å². The molecule has 0 saturated heterocycles. The van der Waals surface area contributed by atoms with Crippen molar-refractivity contribution in [3.63, 3.8) is 0 Å². The second-order valence-corrected chi connectivity index (χ2v) is 1.43. The zero-order valence-corrected chi connectivity index (χ0v) is 7.16. The van der Waals surface area contributed by atoms with Crippen LogP contribution in [0.1, 0.15) is 0 Å². The van der Waals surface area contributed by atoms with Gasteiger partial charge < -0.3 is 20.1 Å². The Balaban J connectivity index is -0.000000109. The van der Waals surface area contributed by atoms with E-state index in [4.69, 9.17) is 15.3 Å². The van der Waals surface area contributed by atoms with E-state index in [1.54, 1.807) is 14.2 Å². The van der Waals surface area contributed by atoms with Gasteiger partial charge in [0.05, 0.1) is 13.2 Å². The molecule has 0 aromatic rings. The summed E-state index contributed by atoms with van der Waals surface area (Å²) in [6.07, 6.45) is -0.954. The van der Waals surface area contributed by atoms with E-state index in [9.17, 15) is 0 Å². The number of hydrogen-bond donors (Lipinski definition) is 3. The van der Waals surface area contributed by atoms with E-state index in [1.807, 2.05) is 0 Å². The molecule has 0 rings (SSSR count). The van der Waals surface area contributed by atoms with Crippen LogP contribution in [0.15, 0.2) is 13.2 Å². The lowest BCUT2D eigenvalue weighted by molar-refractivity contribution is 0.0450. The maximum atomic E-state index is 8.17. The fourth-order valence-corrected chi connectivity index (χ4v) is 0.0577. The summed E-state index contributed by atoms with van der Waals surface area (Å²) < 4.78 is 4.25. The Hall–Kier alpha value is -0.420. The maximum absolute atomic E-state index is 8.17. The first-order valence-electron chi connectivity index (χ1n) is 3.02. The normalized spacial score (nSPS) is 7.45. The number of hydrogen-bond acceptors (Lipinski definition) is 4. The van der Waals surface area contributed by atoms with Crippen molar-refractivity contribution < 1.29 is 20.1 Å². The molecule has 0 aliphatic rings. The predicted molar refractivity (Wildman–Crippen MR) is 44.4 cm³/mol. The third-order valence-corrected chi connectivity index (χ3v) is 0.421. The van der Waals surface area contributed by atoms with E-state index < -0.39 is 6.10 Å². The number of aliphatic hydroxyl groups is 3. The lowest BCUT2D eigenvalue weighted by Crippen LogP contribution is -2.15. The first-order valence-corrected chi connectivity index (χ1v) is 3.02. The van der Waals surface area contributed by atoms with Crippen LogP contribution in [-0.4, -0.2) is 48.9 Å². The van der Waals surface area contributed by atoms with E-state index in [1.165, 1.54) is 0 Å². The Kier molecular flexibility index (Phi) is 34.8. The molecule has 0 spiro atoms. The average Bonchev–Trinajstić information content (AvgIpc) is 2.08. The number of rotatable bonds is 2. The molecular formula is C7H18O4. The Bertz CT molecular complexity index is 45.7. The maximum Gasteiger partial charge on any atom is 0.100 e. The third kappa shape index (κ3) is 42.9. The molecule has 3 N–H and O–H groups in total. The molecular weight excluding hydrogens is 148 g/mol. The second kappa shape index (κ2) is 22.7. The highest BCUT2D eigenvalue weighted by molar-refractivity contribution is 4.43. The lowest BCUT2D eigenvalue weighted by Gasteiger charge is -1.96. The molecule has 0 aliphatic heterocycles. The van der Waals surface area contributed by atoms with Crippen LogP contribution >= 0.6 is 0 Å². The molecule has 0 radical (unpaired) electrons. The first-order chi connectivity index (χ1) is 5.22. The summed E-state index contributed by atoms with van der Waals surface area (Å²) >= 11 is 0. The molecule has 0 aromatic carbocycles. The highest BCUT2D eigenvalue weighted by Crippen LogP contribution is 1.71. The van der Waals surface area contributed by atoms with Crippen molar-refractivity contribution in [3.8, 4) is 0 Å². The third-order valence-electron chi connectivity index (χ3n) is 0.421. The average molecular weight is 166 g/mol. The van der Waals surface area contributed by atoms with E-state index in [0.29, 0.717) is 0 Å². The SMILES string of the molecule is C=C.COC.OCC(O)CO. The van der Waals surface area contributed by atoms with Crippen molar-refractivity contribution in [2.75, 3.05) is 27.4 Å². The van der Waals surface area contributed by atoms with Crippen LogP contribution in [0.25, 0.3) is 0 Å². The van der Waals surface area contributed by atoms with E-state index in [-0.39, 0.29) is 13.2 Å². The predicted octanol–water partition coefficient (Wildman–Crippen LogP) is -0.603. The molecule has 11 heavy (non-hydrogen) atoms. The van der Waals surface area contributed by atoms with E-state index >= 15 is 0 Å². The summed E-state index contributed by atoms with van der Waals surface area (Å²) in [5.41, 5.74) is 0. The zero-order chi connectivity index (χ0) is 9.70. The smallest absolute Gasteiger partial charge is 0.100 e. The minimum absolute atomic E-state index is 0.365. The highest BCUT2D eigenvalue weighted by atomic mass is 16.4. The van der Waals surface area contributed by atoms with Crippen molar-refractivity contribution >= 4 is 0 Å². The van der Waals surface area contributed by atoms with Crippen molar-refractivity contribution in [2.45, 2.75) is 6.10 Å². The monoisotopic (exact) mass is 166 g/mol. The molecule has 0 atom stereocenters. The quantitative estimate of drug-likeness (QED) is 0.479. The van der Waals surface area contributed by atoms with Gasteiger partial charge in [-0.05, 0) is 0 Å². The van der Waals surface area contributed by atoms with Crippen LogP contribution in [0, 0.1) is 0 Å². The van der Waals surface area contributed by atoms with Crippen LogP contribution in [-0.2, 0) is 4.74 Å². The van der Waals surface area contributed by atoms with Crippen LogP contribution < -0.4 is 0 Å². The molecule has 0 aliphatic carbocycles. The Labute approximate surface area is 67.7 Å². The number of aliphatic hydroxyl groups excluding tert-OH is 3.